The third kappa shape index (κ3) is 19.1. The van der Waals surface area contributed by atoms with Crippen molar-refractivity contribution in [1.82, 2.24) is 37.2 Å². The Hall–Kier alpha value is -5.09. The minimum atomic E-state index is -1.59. The summed E-state index contributed by atoms with van der Waals surface area (Å²) in [5.74, 6) is -6.40. The van der Waals surface area contributed by atoms with Crippen LogP contribution in [0.4, 0.5) is 0 Å². The molecule has 1 saturated carbocycles. The van der Waals surface area contributed by atoms with Crippen LogP contribution in [-0.2, 0) is 44.8 Å². The molecule has 0 bridgehead atoms. The molecule has 2 aliphatic rings. The highest BCUT2D eigenvalue weighted by molar-refractivity contribution is 8.77. The molecule has 20 nitrogen and oxygen atoms in total. The molecule has 65 heavy (non-hydrogen) atoms. The van der Waals surface area contributed by atoms with Gasteiger partial charge in [-0.1, -0.05) is 98.9 Å². The highest BCUT2D eigenvalue weighted by Gasteiger charge is 2.39. The number of primary amides is 1. The first kappa shape index (κ1) is 54.2. The van der Waals surface area contributed by atoms with E-state index in [-0.39, 0.29) is 68.9 Å². The molecule has 0 radical (unpaired) electrons. The maximum Gasteiger partial charge on any atom is 0.244 e. The lowest BCUT2D eigenvalue weighted by Gasteiger charge is -2.36. The number of nitrogens with two attached hydrogens (primary N) is 4. The Labute approximate surface area is 389 Å². The van der Waals surface area contributed by atoms with Crippen molar-refractivity contribution in [2.24, 2.45) is 39.8 Å². The van der Waals surface area contributed by atoms with Crippen LogP contribution in [0.2, 0.25) is 0 Å². The van der Waals surface area contributed by atoms with Gasteiger partial charge < -0.3 is 60.2 Å². The van der Waals surface area contributed by atoms with Crippen LogP contribution in [0.5, 0.6) is 0 Å². The average molecular weight is 947 g/mol. The Morgan fingerprint density at radius 2 is 1.48 bits per heavy atom. The molecule has 8 amide bonds. The van der Waals surface area contributed by atoms with Crippen molar-refractivity contribution in [2.75, 3.05) is 25.4 Å². The summed E-state index contributed by atoms with van der Waals surface area (Å²) in [7, 11) is 2.65. The first-order chi connectivity index (χ1) is 30.8. The number of nitrogens with zero attached hydrogens (tertiary/aromatic N) is 1. The Kier molecular flexibility index (Phi) is 22.9. The maximum atomic E-state index is 14.2. The molecule has 3 unspecified atom stereocenters. The monoisotopic (exact) mass is 946 g/mol. The van der Waals surface area contributed by atoms with E-state index in [0.29, 0.717) is 19.3 Å². The predicted molar refractivity (Wildman–Crippen MR) is 252 cm³/mol. The van der Waals surface area contributed by atoms with Crippen molar-refractivity contribution in [2.45, 2.75) is 139 Å². The number of rotatable bonds is 16. The minimum absolute atomic E-state index is 0.0169. The SMILES string of the molecule is CC(C)CC1NC(=O)CC2(CCCCC2)SSCC(C(=O)N[C@@H](CCCN=C(N)N)C(=O)NCCN)NC(=O)[C@H](CC(N)=O)NC(=O)[C@H](C(C)C)NC(=O)C(Cc2ccccc2)NC1=O. The molecule has 1 aliphatic heterocycles. The van der Waals surface area contributed by atoms with E-state index in [0.717, 1.165) is 24.8 Å². The summed E-state index contributed by atoms with van der Waals surface area (Å²) in [5.41, 5.74) is 22.8. The normalized spacial score (nSPS) is 23.2. The fraction of sp³-hybridized carbons (Fsp3) is 0.651. The van der Waals surface area contributed by atoms with Crippen LogP contribution in [0.25, 0.3) is 0 Å². The van der Waals surface area contributed by atoms with Crippen LogP contribution >= 0.6 is 21.6 Å². The topological polar surface area (TPSA) is 337 Å². The van der Waals surface area contributed by atoms with Crippen LogP contribution in [-0.4, -0.2) is 120 Å². The zero-order valence-electron chi connectivity index (χ0n) is 38.0. The third-order valence-electron chi connectivity index (χ3n) is 10.9. The standard InChI is InChI=1S/C43H70N12O8S2/c1-25(2)20-29-37(59)52-30(21-27-12-7-5-8-13-27)39(61)55-35(26(3)4)41(63)53-31(22-33(45)56)38(60)54-32(24-64-65-43(23-34(57)50-29)15-9-6-10-16-43)40(62)51-28(36(58)48-19-17-44)14-11-18-49-42(46)47/h5,7-8,12-13,25-26,28-32,35H,6,9-11,14-24,44H2,1-4H3,(H2,45,56)(H,48,58)(H,50,57)(H,51,62)(H,52,59)(H,53,63)(H,54,60)(H,55,61)(H4,46,47,49)/t28-,29?,30?,31-,32?,35-/m0/s1. The number of aliphatic imine (C=N–C) groups is 1. The number of hydrogen-bond acceptors (Lipinski definition) is 12. The van der Waals surface area contributed by atoms with Crippen LogP contribution < -0.4 is 60.2 Å². The zero-order chi connectivity index (χ0) is 48.1. The second kappa shape index (κ2) is 27.4. The number of guanidine groups is 1. The number of carbonyl (C=O) groups is 8. The first-order valence-electron chi connectivity index (χ1n) is 22.3. The van der Waals surface area contributed by atoms with Gasteiger partial charge in [-0.05, 0) is 49.5 Å². The van der Waals surface area contributed by atoms with Gasteiger partial charge in [-0.25, -0.2) is 0 Å². The molecule has 2 fully saturated rings. The molecule has 1 spiro atoms. The second-order valence-corrected chi connectivity index (χ2v) is 20.2. The van der Waals surface area contributed by atoms with E-state index in [1.165, 1.54) is 21.6 Å². The molecule has 1 aromatic rings. The summed E-state index contributed by atoms with van der Waals surface area (Å²) in [6, 6.07) is 1.50. The number of benzene rings is 1. The predicted octanol–water partition coefficient (Wildman–Crippen LogP) is -0.668. The molecule has 1 saturated heterocycles. The summed E-state index contributed by atoms with van der Waals surface area (Å²) >= 11 is 0. The molecule has 15 N–H and O–H groups in total. The van der Waals surface area contributed by atoms with Gasteiger partial charge in [0.1, 0.15) is 36.3 Å². The van der Waals surface area contributed by atoms with E-state index in [1.807, 2.05) is 19.9 Å². The van der Waals surface area contributed by atoms with Gasteiger partial charge in [0, 0.05) is 43.0 Å². The maximum absolute atomic E-state index is 14.2. The van der Waals surface area contributed by atoms with Gasteiger partial charge in [0.15, 0.2) is 5.96 Å². The van der Waals surface area contributed by atoms with Crippen molar-refractivity contribution < 1.29 is 38.4 Å². The molecule has 3 rings (SSSR count). The van der Waals surface area contributed by atoms with Gasteiger partial charge in [-0.2, -0.15) is 0 Å². The van der Waals surface area contributed by atoms with Crippen molar-refractivity contribution in [1.29, 1.82) is 0 Å². The Balaban J connectivity index is 2.10. The largest absolute Gasteiger partial charge is 0.370 e. The zero-order valence-corrected chi connectivity index (χ0v) is 39.6. The van der Waals surface area contributed by atoms with Crippen LogP contribution in [0.15, 0.2) is 35.3 Å². The fourth-order valence-electron chi connectivity index (χ4n) is 7.56. The summed E-state index contributed by atoms with van der Waals surface area (Å²) in [4.78, 5) is 114. The molecule has 0 aromatic heterocycles. The summed E-state index contributed by atoms with van der Waals surface area (Å²) in [6.07, 6.45) is 4.07. The van der Waals surface area contributed by atoms with Crippen molar-refractivity contribution >= 4 is 74.8 Å². The van der Waals surface area contributed by atoms with Crippen molar-refractivity contribution in [3.63, 3.8) is 0 Å². The number of nitrogens with one attached hydrogen (secondary N) is 7. The van der Waals surface area contributed by atoms with Gasteiger partial charge in [0.2, 0.25) is 47.3 Å². The smallest absolute Gasteiger partial charge is 0.244 e. The molecule has 1 aromatic carbocycles. The Bertz CT molecular complexity index is 1810. The van der Waals surface area contributed by atoms with Gasteiger partial charge >= 0.3 is 0 Å². The molecule has 6 atom stereocenters. The van der Waals surface area contributed by atoms with Gasteiger partial charge in [0.25, 0.3) is 0 Å². The Morgan fingerprint density at radius 3 is 2.09 bits per heavy atom. The van der Waals surface area contributed by atoms with Crippen molar-refractivity contribution in [3.05, 3.63) is 35.9 Å². The quantitative estimate of drug-likeness (QED) is 0.0425. The van der Waals surface area contributed by atoms with Gasteiger partial charge in [-0.3, -0.25) is 43.3 Å². The molecular formula is C43H70N12O8S2. The van der Waals surface area contributed by atoms with Crippen LogP contribution in [0.3, 0.4) is 0 Å². The number of amides is 8. The van der Waals surface area contributed by atoms with E-state index in [1.54, 1.807) is 38.1 Å². The van der Waals surface area contributed by atoms with Crippen molar-refractivity contribution in [3.8, 4) is 0 Å². The molecular weight excluding hydrogens is 877 g/mol. The van der Waals surface area contributed by atoms with Gasteiger partial charge in [-0.15, -0.1) is 0 Å². The van der Waals surface area contributed by atoms with E-state index < -0.39 is 94.7 Å². The highest BCUT2D eigenvalue weighted by atomic mass is 33.1. The second-order valence-electron chi connectivity index (χ2n) is 17.4. The van der Waals surface area contributed by atoms with E-state index in [2.05, 4.69) is 42.2 Å². The number of hydrogen-bond donors (Lipinski definition) is 11. The highest BCUT2D eigenvalue weighted by Crippen LogP contribution is 2.48. The molecule has 362 valence electrons. The molecule has 1 aliphatic carbocycles. The lowest BCUT2D eigenvalue weighted by atomic mass is 9.85. The third-order valence-corrected chi connectivity index (χ3v) is 14.2. The summed E-state index contributed by atoms with van der Waals surface area (Å²) in [6.45, 7) is 7.61. The van der Waals surface area contributed by atoms with E-state index >= 15 is 0 Å². The molecule has 22 heteroatoms. The van der Waals surface area contributed by atoms with Crippen LogP contribution in [0, 0.1) is 11.8 Å². The van der Waals surface area contributed by atoms with Gasteiger partial charge in [0.05, 0.1) is 6.42 Å². The first-order valence-corrected chi connectivity index (χ1v) is 24.6. The van der Waals surface area contributed by atoms with E-state index in [9.17, 15) is 38.4 Å². The Morgan fingerprint density at radius 1 is 0.831 bits per heavy atom. The van der Waals surface area contributed by atoms with E-state index in [4.69, 9.17) is 22.9 Å². The van der Waals surface area contributed by atoms with Crippen LogP contribution in [0.1, 0.15) is 97.5 Å². The molecule has 1 heterocycles. The number of carbonyl (C=O) groups excluding carboxylic acids is 8. The summed E-state index contributed by atoms with van der Waals surface area (Å²) in [5, 5.41) is 19.2. The average Bonchev–Trinajstić information content (AvgIpc) is 3.24. The lowest BCUT2D eigenvalue weighted by molar-refractivity contribution is -0.136. The minimum Gasteiger partial charge on any atom is -0.370 e. The fourth-order valence-corrected chi connectivity index (χ4v) is 10.9. The summed E-state index contributed by atoms with van der Waals surface area (Å²) < 4.78 is -0.613. The lowest BCUT2D eigenvalue weighted by Crippen LogP contribution is -2.61.